The van der Waals surface area contributed by atoms with Crippen LogP contribution in [0.15, 0.2) is 47.0 Å². The summed E-state index contributed by atoms with van der Waals surface area (Å²) < 4.78 is 8.17. The van der Waals surface area contributed by atoms with Gasteiger partial charge in [0.15, 0.2) is 11.5 Å². The molecule has 22 heavy (non-hydrogen) atoms. The first-order chi connectivity index (χ1) is 10.8. The van der Waals surface area contributed by atoms with Gasteiger partial charge in [0.05, 0.1) is 0 Å². The molecule has 1 aromatic carbocycles. The van der Waals surface area contributed by atoms with E-state index in [9.17, 15) is 0 Å². The molecule has 0 amide bonds. The Bertz CT molecular complexity index is 740. The molecule has 2 aromatic heterocycles. The van der Waals surface area contributed by atoms with Gasteiger partial charge in [-0.05, 0) is 43.7 Å². The summed E-state index contributed by atoms with van der Waals surface area (Å²) in [7, 11) is 2.11. The van der Waals surface area contributed by atoms with E-state index >= 15 is 0 Å². The summed E-state index contributed by atoms with van der Waals surface area (Å²) in [5.41, 5.74) is 3.23. The fourth-order valence-corrected chi connectivity index (χ4v) is 3.36. The lowest BCUT2D eigenvalue weighted by Crippen LogP contribution is -2.34. The molecular formula is C18H21N3O. The normalized spacial score (nSPS) is 19.8. The van der Waals surface area contributed by atoms with Gasteiger partial charge in [-0.3, -0.25) is 4.90 Å². The molecule has 114 valence electrons. The van der Waals surface area contributed by atoms with Crippen LogP contribution < -0.4 is 0 Å². The standard InChI is InChI=1S/C18H21N3O/c1-20-10-5-7-15(20)13-21-11-4-6-14(12-21)18-19-16-8-2-3-9-17(16)22-18/h2-3,5,7-10,14H,4,6,11-13H2,1H3/t14-/m0/s1. The van der Waals surface area contributed by atoms with Gasteiger partial charge in [0, 0.05) is 37.9 Å². The van der Waals surface area contributed by atoms with Gasteiger partial charge < -0.3 is 8.98 Å². The van der Waals surface area contributed by atoms with Crippen molar-refractivity contribution in [1.82, 2.24) is 14.5 Å². The van der Waals surface area contributed by atoms with Gasteiger partial charge in [-0.15, -0.1) is 0 Å². The average Bonchev–Trinajstić information content (AvgIpc) is 3.14. The van der Waals surface area contributed by atoms with Gasteiger partial charge in [0.2, 0.25) is 0 Å². The van der Waals surface area contributed by atoms with Gasteiger partial charge >= 0.3 is 0 Å². The maximum absolute atomic E-state index is 5.97. The number of piperidine rings is 1. The molecule has 3 heterocycles. The summed E-state index contributed by atoms with van der Waals surface area (Å²) >= 11 is 0. The molecular weight excluding hydrogens is 274 g/mol. The number of hydrogen-bond acceptors (Lipinski definition) is 3. The molecule has 0 saturated carbocycles. The number of para-hydroxylation sites is 2. The van der Waals surface area contributed by atoms with Crippen LogP contribution in [0.2, 0.25) is 0 Å². The predicted molar refractivity (Wildman–Crippen MR) is 86.7 cm³/mol. The van der Waals surface area contributed by atoms with Crippen LogP contribution in [0.4, 0.5) is 0 Å². The van der Waals surface area contributed by atoms with E-state index in [4.69, 9.17) is 4.42 Å². The Labute approximate surface area is 130 Å². The molecule has 0 aliphatic carbocycles. The van der Waals surface area contributed by atoms with E-state index in [0.717, 1.165) is 43.0 Å². The summed E-state index contributed by atoms with van der Waals surface area (Å²) in [4.78, 5) is 7.20. The van der Waals surface area contributed by atoms with E-state index in [1.165, 1.54) is 12.1 Å². The number of rotatable bonds is 3. The van der Waals surface area contributed by atoms with Crippen molar-refractivity contribution in [2.24, 2.45) is 7.05 Å². The van der Waals surface area contributed by atoms with Crippen molar-refractivity contribution in [3.05, 3.63) is 54.2 Å². The topological polar surface area (TPSA) is 34.2 Å². The number of hydrogen-bond donors (Lipinski definition) is 0. The molecule has 0 bridgehead atoms. The Balaban J connectivity index is 1.51. The molecule has 1 aliphatic rings. The van der Waals surface area contributed by atoms with Crippen molar-refractivity contribution >= 4 is 11.1 Å². The molecule has 1 fully saturated rings. The second-order valence-electron chi connectivity index (χ2n) is 6.20. The number of aryl methyl sites for hydroxylation is 1. The van der Waals surface area contributed by atoms with Crippen molar-refractivity contribution in [2.45, 2.75) is 25.3 Å². The molecule has 0 unspecified atom stereocenters. The van der Waals surface area contributed by atoms with Crippen molar-refractivity contribution in [2.75, 3.05) is 13.1 Å². The van der Waals surface area contributed by atoms with Gasteiger partial charge in [0.1, 0.15) is 5.52 Å². The lowest BCUT2D eigenvalue weighted by Gasteiger charge is -2.31. The SMILES string of the molecule is Cn1cccc1CN1CCC[C@H](c2nc3ccccc3o2)C1. The Morgan fingerprint density at radius 3 is 2.95 bits per heavy atom. The minimum atomic E-state index is 0.404. The Kier molecular flexibility index (Phi) is 3.47. The molecule has 3 aromatic rings. The average molecular weight is 295 g/mol. The van der Waals surface area contributed by atoms with Crippen LogP contribution in [0.1, 0.15) is 30.3 Å². The van der Waals surface area contributed by atoms with Crippen molar-refractivity contribution in [3.63, 3.8) is 0 Å². The minimum Gasteiger partial charge on any atom is -0.440 e. The third-order valence-electron chi connectivity index (χ3n) is 4.60. The third-order valence-corrected chi connectivity index (χ3v) is 4.60. The Morgan fingerprint density at radius 1 is 1.23 bits per heavy atom. The highest BCUT2D eigenvalue weighted by atomic mass is 16.3. The molecule has 0 spiro atoms. The first-order valence-electron chi connectivity index (χ1n) is 7.97. The molecule has 4 heteroatoms. The number of nitrogens with zero attached hydrogens (tertiary/aromatic N) is 3. The zero-order chi connectivity index (χ0) is 14.9. The van der Waals surface area contributed by atoms with E-state index in [0.29, 0.717) is 5.92 Å². The van der Waals surface area contributed by atoms with Crippen LogP contribution in [-0.4, -0.2) is 27.5 Å². The number of likely N-dealkylation sites (tertiary alicyclic amines) is 1. The van der Waals surface area contributed by atoms with E-state index in [1.807, 2.05) is 24.3 Å². The van der Waals surface area contributed by atoms with Gasteiger partial charge in [-0.2, -0.15) is 0 Å². The lowest BCUT2D eigenvalue weighted by molar-refractivity contribution is 0.184. The number of fused-ring (bicyclic) bond motifs is 1. The first-order valence-corrected chi connectivity index (χ1v) is 7.97. The van der Waals surface area contributed by atoms with Gasteiger partial charge in [-0.1, -0.05) is 12.1 Å². The fraction of sp³-hybridized carbons (Fsp3) is 0.389. The summed E-state index contributed by atoms with van der Waals surface area (Å²) in [6.45, 7) is 3.18. The monoisotopic (exact) mass is 295 g/mol. The van der Waals surface area contributed by atoms with Crippen LogP contribution in [0.3, 0.4) is 0 Å². The maximum Gasteiger partial charge on any atom is 0.199 e. The largest absolute Gasteiger partial charge is 0.440 e. The lowest BCUT2D eigenvalue weighted by atomic mass is 9.98. The highest BCUT2D eigenvalue weighted by Gasteiger charge is 2.25. The summed E-state index contributed by atoms with van der Waals surface area (Å²) in [6, 6.07) is 12.3. The number of benzene rings is 1. The first kappa shape index (κ1) is 13.6. The van der Waals surface area contributed by atoms with E-state index < -0.39 is 0 Å². The van der Waals surface area contributed by atoms with E-state index in [-0.39, 0.29) is 0 Å². The van der Waals surface area contributed by atoms with Crippen molar-refractivity contribution in [3.8, 4) is 0 Å². The Morgan fingerprint density at radius 2 is 2.14 bits per heavy atom. The predicted octanol–water partition coefficient (Wildman–Crippen LogP) is 3.55. The molecule has 4 rings (SSSR count). The van der Waals surface area contributed by atoms with Crippen molar-refractivity contribution < 1.29 is 4.42 Å². The molecule has 1 atom stereocenters. The molecule has 1 aliphatic heterocycles. The molecule has 0 N–H and O–H groups in total. The molecule has 4 nitrogen and oxygen atoms in total. The van der Waals surface area contributed by atoms with Crippen molar-refractivity contribution in [1.29, 1.82) is 0 Å². The number of aromatic nitrogens is 2. The third kappa shape index (κ3) is 2.55. The second-order valence-corrected chi connectivity index (χ2v) is 6.20. The second kappa shape index (κ2) is 5.61. The summed E-state index contributed by atoms with van der Waals surface area (Å²) in [6.07, 6.45) is 4.47. The fourth-order valence-electron chi connectivity index (χ4n) is 3.36. The smallest absolute Gasteiger partial charge is 0.199 e. The highest BCUT2D eigenvalue weighted by Crippen LogP contribution is 2.29. The zero-order valence-electron chi connectivity index (χ0n) is 12.9. The van der Waals surface area contributed by atoms with E-state index in [1.54, 1.807) is 0 Å². The van der Waals surface area contributed by atoms with Gasteiger partial charge in [-0.25, -0.2) is 4.98 Å². The maximum atomic E-state index is 5.97. The quantitative estimate of drug-likeness (QED) is 0.741. The highest BCUT2D eigenvalue weighted by molar-refractivity contribution is 5.72. The summed E-state index contributed by atoms with van der Waals surface area (Å²) in [5, 5.41) is 0. The zero-order valence-corrected chi connectivity index (χ0v) is 12.9. The van der Waals surface area contributed by atoms with Crippen LogP contribution in [0.5, 0.6) is 0 Å². The van der Waals surface area contributed by atoms with Crippen LogP contribution in [-0.2, 0) is 13.6 Å². The molecule has 0 radical (unpaired) electrons. The van der Waals surface area contributed by atoms with Crippen LogP contribution >= 0.6 is 0 Å². The Hall–Kier alpha value is -2.07. The van der Waals surface area contributed by atoms with E-state index in [2.05, 4.69) is 39.8 Å². The van der Waals surface area contributed by atoms with Gasteiger partial charge in [0.25, 0.3) is 0 Å². The molecule has 1 saturated heterocycles. The minimum absolute atomic E-state index is 0.404. The number of oxazole rings is 1. The summed E-state index contributed by atoms with van der Waals surface area (Å²) in [5.74, 6) is 1.30. The van der Waals surface area contributed by atoms with Crippen LogP contribution in [0, 0.1) is 0 Å². The van der Waals surface area contributed by atoms with Crippen LogP contribution in [0.25, 0.3) is 11.1 Å².